The number of amides is 8. The van der Waals surface area contributed by atoms with Crippen LogP contribution in [0.25, 0.3) is 0 Å². The summed E-state index contributed by atoms with van der Waals surface area (Å²) in [5.41, 5.74) is 5.17. The Balaban J connectivity index is 1.62. The number of hydrogen-bond acceptors (Lipinski definition) is 15. The van der Waals surface area contributed by atoms with Crippen molar-refractivity contribution in [2.75, 3.05) is 66.8 Å². The number of Topliss-reactive ketones (excluding diaryl/α,β-unsaturated/α-hetero) is 2. The van der Waals surface area contributed by atoms with E-state index in [2.05, 4.69) is 26.0 Å². The van der Waals surface area contributed by atoms with E-state index in [0.717, 1.165) is 10.5 Å². The fourth-order valence-electron chi connectivity index (χ4n) is 9.16. The van der Waals surface area contributed by atoms with Gasteiger partial charge < -0.3 is 46.1 Å². The first-order valence-electron chi connectivity index (χ1n) is 27.7. The van der Waals surface area contributed by atoms with E-state index in [1.807, 2.05) is 78.8 Å². The largest absolute Gasteiger partial charge is 0.379 e. The lowest BCUT2D eigenvalue weighted by Crippen LogP contribution is -2.61. The number of urea groups is 1. The zero-order valence-corrected chi connectivity index (χ0v) is 50.6. The number of nitrogens with one attached hydrogen (secondary N) is 5. The number of hydrogen-bond donors (Lipinski definition) is 6. The molecule has 0 saturated carbocycles. The minimum absolute atomic E-state index is 0.0140. The molecular formula is C59H88N8O14S. The third-order valence-corrected chi connectivity index (χ3v) is 15.5. The summed E-state index contributed by atoms with van der Waals surface area (Å²) in [6, 6.07) is 10.7. The number of carbonyl (C=O) groups is 9. The van der Waals surface area contributed by atoms with Gasteiger partial charge in [0.15, 0.2) is 5.78 Å². The molecule has 2 aromatic carbocycles. The molecule has 0 unspecified atom stereocenters. The van der Waals surface area contributed by atoms with Gasteiger partial charge in [-0.15, -0.1) is 0 Å². The van der Waals surface area contributed by atoms with Crippen LogP contribution in [0.4, 0.5) is 4.79 Å². The molecule has 23 heteroatoms. The highest BCUT2D eigenvalue weighted by atomic mass is 32.2. The average molecular weight is 1170 g/mol. The van der Waals surface area contributed by atoms with Gasteiger partial charge in [0.25, 0.3) is 27.7 Å². The molecule has 0 fully saturated rings. The van der Waals surface area contributed by atoms with E-state index in [-0.39, 0.29) is 131 Å². The van der Waals surface area contributed by atoms with E-state index < -0.39 is 80.5 Å². The Morgan fingerprint density at radius 2 is 1.33 bits per heavy atom. The van der Waals surface area contributed by atoms with Gasteiger partial charge in [-0.05, 0) is 67.3 Å². The molecule has 0 bridgehead atoms. The topological polar surface area (TPSA) is 308 Å². The van der Waals surface area contributed by atoms with Crippen LogP contribution < -0.4 is 31.7 Å². The summed E-state index contributed by atoms with van der Waals surface area (Å²) in [6.45, 7) is 19.6. The van der Waals surface area contributed by atoms with E-state index in [1.54, 1.807) is 27.9 Å². The zero-order valence-electron chi connectivity index (χ0n) is 49.8. The van der Waals surface area contributed by atoms with Crippen LogP contribution in [-0.2, 0) is 74.4 Å². The highest BCUT2D eigenvalue weighted by Gasteiger charge is 2.42. The van der Waals surface area contributed by atoms with Crippen LogP contribution in [0.1, 0.15) is 106 Å². The molecule has 454 valence electrons. The maximum Gasteiger partial charge on any atom is 0.312 e. The lowest BCUT2D eigenvalue weighted by atomic mass is 9.76. The number of nitrogens with two attached hydrogens (primary N) is 1. The van der Waals surface area contributed by atoms with Gasteiger partial charge in [0.2, 0.25) is 17.7 Å². The van der Waals surface area contributed by atoms with E-state index in [4.69, 9.17) is 19.9 Å². The smallest absolute Gasteiger partial charge is 0.312 e. The Hall–Kier alpha value is -6.66. The second-order valence-corrected chi connectivity index (χ2v) is 24.4. The first-order chi connectivity index (χ1) is 38.4. The third kappa shape index (κ3) is 21.9. The van der Waals surface area contributed by atoms with Gasteiger partial charge in [-0.3, -0.25) is 43.3 Å². The van der Waals surface area contributed by atoms with Crippen LogP contribution in [0.2, 0.25) is 0 Å². The summed E-state index contributed by atoms with van der Waals surface area (Å²) in [5, 5.41) is 11.4. The molecule has 0 radical (unpaired) electrons. The number of nitrogens with zero attached hydrogens (tertiary/aromatic N) is 2. The van der Waals surface area contributed by atoms with E-state index in [1.165, 1.54) is 54.3 Å². The normalized spacial score (nSPS) is 15.0. The van der Waals surface area contributed by atoms with Crippen LogP contribution in [0.3, 0.4) is 0 Å². The maximum atomic E-state index is 14.4. The highest BCUT2D eigenvalue weighted by Crippen LogP contribution is 2.29. The summed E-state index contributed by atoms with van der Waals surface area (Å²) in [6.07, 6.45) is 3.98. The number of primary amides is 1. The zero-order chi connectivity index (χ0) is 61.5. The van der Waals surface area contributed by atoms with E-state index >= 15 is 0 Å². The highest BCUT2D eigenvalue weighted by molar-refractivity contribution is 7.90. The Labute approximate surface area is 483 Å². The molecular weight excluding hydrogens is 1080 g/mol. The molecule has 5 atom stereocenters. The molecule has 8 amide bonds. The quantitative estimate of drug-likeness (QED) is 0.0322. The Kier molecular flexibility index (Phi) is 27.9. The van der Waals surface area contributed by atoms with Crippen molar-refractivity contribution in [3.05, 3.63) is 89.5 Å². The number of benzene rings is 2. The van der Waals surface area contributed by atoms with Crippen LogP contribution in [0.15, 0.2) is 83.3 Å². The summed E-state index contributed by atoms with van der Waals surface area (Å²) >= 11 is 0. The first-order valence-corrected chi connectivity index (χ1v) is 29.2. The van der Waals surface area contributed by atoms with Crippen molar-refractivity contribution in [1.29, 1.82) is 0 Å². The SMILES string of the molecule is CN[C@H](C(=O)N[C@H](C(=O)N(C)[C@H](/C=C(\C)C(=O)NS(=O)(=O)c1ccc(CC(=O)[C@H](CCCNC(N)=O)NC(=O)[C@@H](CC(=O)CCOCCOCCOCCN2C(=O)C=CC2=O)C(C)C)cc1)C(C)C)C(C)(C)C)C(C)(C)c1ccccc1. The van der Waals surface area contributed by atoms with Gasteiger partial charge in [0, 0.05) is 61.9 Å². The molecule has 1 aliphatic rings. The standard InChI is InChI=1S/C59H88N8O14S/c1-38(2)45(37-43(68)26-29-79-31-33-81-34-32-80-30-28-67-49(70)24-25-50(67)71)54(73)63-46(19-16-27-62-57(60)76)48(69)36-41-20-22-44(23-21-41)82(77,78)65-53(72)40(5)35-47(39(3)4)66(12)56(75)52(58(6,7)8)64-55(74)51(61-11)59(9,10)42-17-14-13-15-18-42/h13-15,17-18,20-25,35,38-39,45-47,51-52,61H,16,19,26-34,36-37H2,1-12H3,(H,63,73)(H,64,74)(H,65,72)(H3,60,62,76)/b40-35+/t45-,46-,47+,51+,52+/m0/s1. The van der Waals surface area contributed by atoms with Gasteiger partial charge in [0.05, 0.1) is 69.2 Å². The van der Waals surface area contributed by atoms with Crippen molar-refractivity contribution in [1.82, 2.24) is 35.8 Å². The van der Waals surface area contributed by atoms with Crippen LogP contribution in [0, 0.1) is 23.2 Å². The van der Waals surface area contributed by atoms with Crippen molar-refractivity contribution >= 4 is 63.1 Å². The van der Waals surface area contributed by atoms with Gasteiger partial charge in [-0.25, -0.2) is 17.9 Å². The van der Waals surface area contributed by atoms with Crippen LogP contribution >= 0.6 is 0 Å². The van der Waals surface area contributed by atoms with Gasteiger partial charge in [0.1, 0.15) is 11.8 Å². The molecule has 2 aromatic rings. The summed E-state index contributed by atoms with van der Waals surface area (Å²) in [7, 11) is -1.19. The number of imide groups is 1. The molecule has 0 aromatic heterocycles. The second kappa shape index (κ2) is 32.8. The van der Waals surface area contributed by atoms with Crippen molar-refractivity contribution in [3.8, 4) is 0 Å². The Morgan fingerprint density at radius 1 is 0.756 bits per heavy atom. The number of likely N-dealkylation sites (N-methyl/N-ethyl adjacent to an activating group) is 2. The predicted octanol–water partition coefficient (Wildman–Crippen LogP) is 3.66. The maximum absolute atomic E-state index is 14.4. The van der Waals surface area contributed by atoms with Gasteiger partial charge in [-0.1, -0.05) is 111 Å². The molecule has 0 saturated heterocycles. The molecule has 3 rings (SSSR count). The van der Waals surface area contributed by atoms with Crippen molar-refractivity contribution in [2.24, 2.45) is 28.9 Å². The Bertz CT molecular complexity index is 2670. The molecule has 0 aliphatic carbocycles. The predicted molar refractivity (Wildman–Crippen MR) is 309 cm³/mol. The number of ketones is 2. The third-order valence-electron chi connectivity index (χ3n) is 14.2. The van der Waals surface area contributed by atoms with Crippen molar-refractivity contribution in [3.63, 3.8) is 0 Å². The fraction of sp³-hybridized carbons (Fsp3) is 0.576. The Morgan fingerprint density at radius 3 is 1.87 bits per heavy atom. The molecule has 1 heterocycles. The lowest BCUT2D eigenvalue weighted by Gasteiger charge is -2.40. The van der Waals surface area contributed by atoms with Gasteiger partial charge in [-0.2, -0.15) is 0 Å². The summed E-state index contributed by atoms with van der Waals surface area (Å²) in [5.74, 6) is -4.98. The van der Waals surface area contributed by atoms with E-state index in [9.17, 15) is 51.6 Å². The van der Waals surface area contributed by atoms with Crippen LogP contribution in [-0.4, -0.2) is 162 Å². The van der Waals surface area contributed by atoms with Gasteiger partial charge >= 0.3 is 6.03 Å². The number of carbonyl (C=O) groups excluding carboxylic acids is 9. The number of rotatable bonds is 36. The lowest BCUT2D eigenvalue weighted by molar-refractivity contribution is -0.141. The fourth-order valence-corrected chi connectivity index (χ4v) is 10.2. The molecule has 1 aliphatic heterocycles. The summed E-state index contributed by atoms with van der Waals surface area (Å²) < 4.78 is 45.7. The number of sulfonamides is 1. The number of ether oxygens (including phenoxy) is 3. The second-order valence-electron chi connectivity index (χ2n) is 22.7. The molecule has 7 N–H and O–H groups in total. The molecule has 0 spiro atoms. The first kappa shape index (κ1) is 69.6. The molecule has 82 heavy (non-hydrogen) atoms. The van der Waals surface area contributed by atoms with E-state index in [0.29, 0.717) is 5.56 Å². The minimum Gasteiger partial charge on any atom is -0.379 e. The average Bonchev–Trinajstić information content (AvgIpc) is 3.76. The molecule has 22 nitrogen and oxygen atoms in total. The van der Waals surface area contributed by atoms with Crippen molar-refractivity contribution < 1.29 is 65.8 Å². The monoisotopic (exact) mass is 1160 g/mol. The van der Waals surface area contributed by atoms with Crippen molar-refractivity contribution in [2.45, 2.75) is 136 Å². The summed E-state index contributed by atoms with van der Waals surface area (Å²) in [4.78, 5) is 120. The minimum atomic E-state index is -4.46. The van der Waals surface area contributed by atoms with Crippen LogP contribution in [0.5, 0.6) is 0 Å².